The molecular formula is C20H23NO4. The number of hydrogen-bond acceptors (Lipinski definition) is 4. The second-order valence-corrected chi connectivity index (χ2v) is 7.94. The Hall–Kier alpha value is -2.17. The highest BCUT2D eigenvalue weighted by Crippen LogP contribution is 2.56. The summed E-state index contributed by atoms with van der Waals surface area (Å²) in [6.07, 6.45) is 3.13. The molecule has 5 heteroatoms. The van der Waals surface area contributed by atoms with Gasteiger partial charge in [0.2, 0.25) is 11.8 Å². The summed E-state index contributed by atoms with van der Waals surface area (Å²) in [5.74, 6) is 0.0697. The van der Waals surface area contributed by atoms with Gasteiger partial charge in [-0.1, -0.05) is 19.9 Å². The highest BCUT2D eigenvalue weighted by Gasteiger charge is 2.61. The Balaban J connectivity index is 1.58. The number of ether oxygens (including phenoxy) is 1. The van der Waals surface area contributed by atoms with E-state index in [1.807, 2.05) is 13.8 Å². The standard InChI is InChI=1S/C20H23NO4/c1-11(2)10-25-20(24)14-4-3-5-15(9-14)21-18(22)16-12-6-7-13(8-12)17(16)19(21)23/h3-5,9,11-13,16-17H,6-8,10H2,1-2H3/t12-,13-,16-,17-/m0/s1. The Morgan fingerprint density at radius 3 is 2.40 bits per heavy atom. The van der Waals surface area contributed by atoms with E-state index in [2.05, 4.69) is 0 Å². The Morgan fingerprint density at radius 2 is 1.80 bits per heavy atom. The maximum absolute atomic E-state index is 12.9. The van der Waals surface area contributed by atoms with Crippen molar-refractivity contribution in [3.63, 3.8) is 0 Å². The number of amides is 2. The van der Waals surface area contributed by atoms with E-state index in [0.29, 0.717) is 29.7 Å². The third-order valence-electron chi connectivity index (χ3n) is 5.82. The molecule has 2 aliphatic carbocycles. The lowest BCUT2D eigenvalue weighted by Crippen LogP contribution is -2.32. The first kappa shape index (κ1) is 16.3. The minimum absolute atomic E-state index is 0.0881. The molecule has 3 aliphatic rings. The maximum Gasteiger partial charge on any atom is 0.338 e. The second-order valence-electron chi connectivity index (χ2n) is 7.94. The van der Waals surface area contributed by atoms with Crippen LogP contribution in [-0.2, 0) is 14.3 Å². The van der Waals surface area contributed by atoms with Crippen molar-refractivity contribution in [3.8, 4) is 0 Å². The van der Waals surface area contributed by atoms with Crippen molar-refractivity contribution in [3.05, 3.63) is 29.8 Å². The smallest absolute Gasteiger partial charge is 0.338 e. The van der Waals surface area contributed by atoms with Crippen LogP contribution in [0.25, 0.3) is 0 Å². The van der Waals surface area contributed by atoms with Gasteiger partial charge in [0.1, 0.15) is 0 Å². The van der Waals surface area contributed by atoms with Crippen LogP contribution < -0.4 is 4.90 Å². The minimum atomic E-state index is -0.421. The highest BCUT2D eigenvalue weighted by atomic mass is 16.5. The van der Waals surface area contributed by atoms with Crippen LogP contribution >= 0.6 is 0 Å². The number of fused-ring (bicyclic) bond motifs is 5. The SMILES string of the molecule is CC(C)COC(=O)c1cccc(N2C(=O)[C@H]3[C@H]4CC[C@@H](C4)[C@@H]3C2=O)c1. The fourth-order valence-electron chi connectivity index (χ4n) is 4.76. The quantitative estimate of drug-likeness (QED) is 0.624. The molecule has 1 aromatic rings. The first-order chi connectivity index (χ1) is 12.0. The molecule has 5 nitrogen and oxygen atoms in total. The topological polar surface area (TPSA) is 63.7 Å². The molecule has 0 radical (unpaired) electrons. The number of rotatable bonds is 4. The fourth-order valence-corrected chi connectivity index (χ4v) is 4.76. The first-order valence-corrected chi connectivity index (χ1v) is 9.12. The van der Waals surface area contributed by atoms with E-state index in [4.69, 9.17) is 4.74 Å². The second kappa shape index (κ2) is 5.97. The molecule has 0 unspecified atom stereocenters. The van der Waals surface area contributed by atoms with Crippen molar-refractivity contribution in [2.75, 3.05) is 11.5 Å². The third-order valence-corrected chi connectivity index (χ3v) is 5.82. The van der Waals surface area contributed by atoms with Crippen LogP contribution in [0.4, 0.5) is 5.69 Å². The molecule has 0 spiro atoms. The maximum atomic E-state index is 12.9. The Kier molecular flexibility index (Phi) is 3.89. The zero-order chi connectivity index (χ0) is 17.7. The van der Waals surface area contributed by atoms with E-state index in [1.165, 1.54) is 4.90 Å². The lowest BCUT2D eigenvalue weighted by atomic mass is 9.81. The molecule has 2 amide bonds. The summed E-state index contributed by atoms with van der Waals surface area (Å²) in [7, 11) is 0. The molecule has 132 valence electrons. The van der Waals surface area contributed by atoms with Gasteiger partial charge in [-0.3, -0.25) is 14.5 Å². The number of carbonyl (C=O) groups excluding carboxylic acids is 3. The zero-order valence-electron chi connectivity index (χ0n) is 14.6. The molecule has 1 aliphatic heterocycles. The third kappa shape index (κ3) is 2.57. The van der Waals surface area contributed by atoms with Crippen LogP contribution in [0, 0.1) is 29.6 Å². The van der Waals surface area contributed by atoms with Crippen molar-refractivity contribution in [2.45, 2.75) is 33.1 Å². The van der Waals surface area contributed by atoms with Gasteiger partial charge in [0.15, 0.2) is 0 Å². The number of benzene rings is 1. The Labute approximate surface area is 147 Å². The number of esters is 1. The highest BCUT2D eigenvalue weighted by molar-refractivity contribution is 6.22. The Morgan fingerprint density at radius 1 is 1.16 bits per heavy atom. The summed E-state index contributed by atoms with van der Waals surface area (Å²) in [6, 6.07) is 6.67. The molecule has 2 saturated carbocycles. The lowest BCUT2D eigenvalue weighted by molar-refractivity contribution is -0.123. The lowest BCUT2D eigenvalue weighted by Gasteiger charge is -2.19. The van der Waals surface area contributed by atoms with E-state index in [1.54, 1.807) is 24.3 Å². The molecule has 0 N–H and O–H groups in total. The monoisotopic (exact) mass is 341 g/mol. The van der Waals surface area contributed by atoms with E-state index in [9.17, 15) is 14.4 Å². The van der Waals surface area contributed by atoms with Crippen LogP contribution in [0.5, 0.6) is 0 Å². The molecule has 4 rings (SSSR count). The van der Waals surface area contributed by atoms with E-state index < -0.39 is 5.97 Å². The van der Waals surface area contributed by atoms with Crippen molar-refractivity contribution in [1.29, 1.82) is 0 Å². The summed E-state index contributed by atoms with van der Waals surface area (Å²) in [5.41, 5.74) is 0.863. The van der Waals surface area contributed by atoms with Gasteiger partial charge in [-0.25, -0.2) is 4.79 Å². The average molecular weight is 341 g/mol. The van der Waals surface area contributed by atoms with Gasteiger partial charge in [-0.05, 0) is 55.2 Å². The van der Waals surface area contributed by atoms with Crippen molar-refractivity contribution >= 4 is 23.5 Å². The number of anilines is 1. The minimum Gasteiger partial charge on any atom is -0.462 e. The van der Waals surface area contributed by atoms with Gasteiger partial charge < -0.3 is 4.74 Å². The first-order valence-electron chi connectivity index (χ1n) is 9.12. The predicted molar refractivity (Wildman–Crippen MR) is 91.9 cm³/mol. The van der Waals surface area contributed by atoms with Gasteiger partial charge in [0, 0.05) is 0 Å². The number of imide groups is 1. The van der Waals surface area contributed by atoms with E-state index >= 15 is 0 Å². The van der Waals surface area contributed by atoms with Gasteiger partial charge in [0.25, 0.3) is 0 Å². The Bertz CT molecular complexity index is 713. The van der Waals surface area contributed by atoms with Gasteiger partial charge >= 0.3 is 5.97 Å². The molecule has 3 fully saturated rings. The molecule has 4 atom stereocenters. The predicted octanol–water partition coefficient (Wildman–Crippen LogP) is 3.03. The van der Waals surface area contributed by atoms with Crippen LogP contribution in [0.2, 0.25) is 0 Å². The zero-order valence-corrected chi connectivity index (χ0v) is 14.6. The molecule has 1 saturated heterocycles. The molecular weight excluding hydrogens is 318 g/mol. The summed E-state index contributed by atoms with van der Waals surface area (Å²) < 4.78 is 5.25. The summed E-state index contributed by atoms with van der Waals surface area (Å²) in [6.45, 7) is 4.29. The van der Waals surface area contributed by atoms with Crippen LogP contribution in [0.3, 0.4) is 0 Å². The molecule has 1 aromatic carbocycles. The molecule has 2 bridgehead atoms. The van der Waals surface area contributed by atoms with Crippen molar-refractivity contribution in [2.24, 2.45) is 29.6 Å². The largest absolute Gasteiger partial charge is 0.462 e. The summed E-state index contributed by atoms with van der Waals surface area (Å²) in [5, 5.41) is 0. The summed E-state index contributed by atoms with van der Waals surface area (Å²) >= 11 is 0. The van der Waals surface area contributed by atoms with Gasteiger partial charge in [-0.15, -0.1) is 0 Å². The summed E-state index contributed by atoms with van der Waals surface area (Å²) in [4.78, 5) is 39.2. The number of carbonyl (C=O) groups is 3. The fraction of sp³-hybridized carbons (Fsp3) is 0.550. The van der Waals surface area contributed by atoms with Crippen molar-refractivity contribution < 1.29 is 19.1 Å². The van der Waals surface area contributed by atoms with E-state index in [-0.39, 0.29) is 29.6 Å². The van der Waals surface area contributed by atoms with Crippen LogP contribution in [-0.4, -0.2) is 24.4 Å². The van der Waals surface area contributed by atoms with Crippen LogP contribution in [0.1, 0.15) is 43.5 Å². The van der Waals surface area contributed by atoms with Crippen LogP contribution in [0.15, 0.2) is 24.3 Å². The average Bonchev–Trinajstić information content (AvgIpc) is 3.26. The number of nitrogens with zero attached hydrogens (tertiary/aromatic N) is 1. The van der Waals surface area contributed by atoms with Gasteiger partial charge in [0.05, 0.1) is 29.7 Å². The molecule has 0 aromatic heterocycles. The van der Waals surface area contributed by atoms with Crippen molar-refractivity contribution in [1.82, 2.24) is 0 Å². The van der Waals surface area contributed by atoms with E-state index in [0.717, 1.165) is 19.3 Å². The number of hydrogen-bond donors (Lipinski definition) is 0. The normalized spacial score (nSPS) is 30.3. The molecule has 1 heterocycles. The van der Waals surface area contributed by atoms with Gasteiger partial charge in [-0.2, -0.15) is 0 Å². The molecule has 25 heavy (non-hydrogen) atoms.